The molecule has 0 atom stereocenters. The zero-order valence-corrected chi connectivity index (χ0v) is 16.3. The Morgan fingerprint density at radius 2 is 1.82 bits per heavy atom. The van der Waals surface area contributed by atoms with Gasteiger partial charge in [-0.15, -0.1) is 0 Å². The van der Waals surface area contributed by atoms with Crippen molar-refractivity contribution in [3.63, 3.8) is 0 Å². The quantitative estimate of drug-likeness (QED) is 0.780. The zero-order valence-electron chi connectivity index (χ0n) is 16.3. The zero-order chi connectivity index (χ0) is 19.9. The molecule has 0 unspecified atom stereocenters. The van der Waals surface area contributed by atoms with Crippen molar-refractivity contribution >= 4 is 17.5 Å². The average Bonchev–Trinajstić information content (AvgIpc) is 2.72. The second-order valence-electron chi connectivity index (χ2n) is 7.43. The van der Waals surface area contributed by atoms with Crippen LogP contribution in [-0.2, 0) is 11.2 Å². The molecule has 0 aromatic heterocycles. The molecule has 0 spiro atoms. The molecule has 1 fully saturated rings. The van der Waals surface area contributed by atoms with Crippen LogP contribution in [0.1, 0.15) is 54.4 Å². The Labute approximate surface area is 165 Å². The molecule has 0 saturated heterocycles. The number of benzene rings is 2. The lowest BCUT2D eigenvalue weighted by atomic mass is 9.94. The Hall–Kier alpha value is -2.69. The van der Waals surface area contributed by atoms with Crippen molar-refractivity contribution in [2.75, 3.05) is 12.4 Å². The first-order chi connectivity index (χ1) is 13.5. The number of aryl methyl sites for hydroxylation is 1. The molecule has 28 heavy (non-hydrogen) atoms. The summed E-state index contributed by atoms with van der Waals surface area (Å²) in [5.41, 5.74) is 1.81. The fraction of sp³-hybridized carbons (Fsp3) is 0.391. The minimum Gasteiger partial charge on any atom is -0.339 e. The normalized spacial score (nSPS) is 14.5. The van der Waals surface area contributed by atoms with Crippen LogP contribution >= 0.6 is 0 Å². The smallest absolute Gasteiger partial charge is 0.255 e. The first-order valence-corrected chi connectivity index (χ1v) is 9.95. The predicted molar refractivity (Wildman–Crippen MR) is 109 cm³/mol. The van der Waals surface area contributed by atoms with Gasteiger partial charge in [0, 0.05) is 19.5 Å². The highest BCUT2D eigenvalue weighted by Crippen LogP contribution is 2.25. The van der Waals surface area contributed by atoms with Gasteiger partial charge in [-0.05, 0) is 49.1 Å². The van der Waals surface area contributed by atoms with E-state index in [1.165, 1.54) is 18.6 Å². The molecule has 5 heteroatoms. The van der Waals surface area contributed by atoms with Gasteiger partial charge < -0.3 is 10.2 Å². The molecule has 1 aliphatic carbocycles. The van der Waals surface area contributed by atoms with Gasteiger partial charge in [0.1, 0.15) is 5.82 Å². The van der Waals surface area contributed by atoms with Gasteiger partial charge in [-0.1, -0.05) is 43.5 Å². The summed E-state index contributed by atoms with van der Waals surface area (Å²) in [6, 6.07) is 13.6. The van der Waals surface area contributed by atoms with Gasteiger partial charge in [0.25, 0.3) is 5.91 Å². The van der Waals surface area contributed by atoms with Crippen LogP contribution in [0.3, 0.4) is 0 Å². The van der Waals surface area contributed by atoms with E-state index < -0.39 is 0 Å². The molecule has 1 aliphatic rings. The van der Waals surface area contributed by atoms with Crippen LogP contribution in [0.15, 0.2) is 48.5 Å². The number of hydrogen-bond donors (Lipinski definition) is 1. The third-order valence-electron chi connectivity index (χ3n) is 5.40. The fourth-order valence-corrected chi connectivity index (χ4v) is 3.77. The minimum absolute atomic E-state index is 0.0621. The van der Waals surface area contributed by atoms with E-state index in [-0.39, 0.29) is 30.1 Å². The van der Waals surface area contributed by atoms with Crippen LogP contribution in [0.4, 0.5) is 10.1 Å². The summed E-state index contributed by atoms with van der Waals surface area (Å²) in [5, 5.41) is 2.85. The van der Waals surface area contributed by atoms with Crippen molar-refractivity contribution < 1.29 is 14.0 Å². The summed E-state index contributed by atoms with van der Waals surface area (Å²) >= 11 is 0. The lowest BCUT2D eigenvalue weighted by Crippen LogP contribution is -2.38. The molecule has 0 aliphatic heterocycles. The number of halogens is 1. The van der Waals surface area contributed by atoms with E-state index in [9.17, 15) is 14.0 Å². The Morgan fingerprint density at radius 1 is 1.07 bits per heavy atom. The summed E-state index contributed by atoms with van der Waals surface area (Å²) in [7, 11) is 1.85. The Kier molecular flexibility index (Phi) is 6.80. The highest BCUT2D eigenvalue weighted by Gasteiger charge is 2.24. The number of anilines is 1. The lowest BCUT2D eigenvalue weighted by molar-refractivity contribution is -0.116. The van der Waals surface area contributed by atoms with E-state index in [2.05, 4.69) is 5.32 Å². The summed E-state index contributed by atoms with van der Waals surface area (Å²) in [6.45, 7) is 0. The van der Waals surface area contributed by atoms with Gasteiger partial charge in [0.05, 0.1) is 11.3 Å². The standard InChI is InChI=1S/C23H27FN2O2/c1-26(19-10-3-2-4-11-19)23(28)20-12-5-6-13-21(20)25-22(27)15-14-17-8-7-9-18(24)16-17/h5-9,12-13,16,19H,2-4,10-11,14-15H2,1H3,(H,25,27). The third-order valence-corrected chi connectivity index (χ3v) is 5.40. The van der Waals surface area contributed by atoms with Gasteiger partial charge in [-0.2, -0.15) is 0 Å². The van der Waals surface area contributed by atoms with E-state index in [4.69, 9.17) is 0 Å². The second-order valence-corrected chi connectivity index (χ2v) is 7.43. The van der Waals surface area contributed by atoms with Gasteiger partial charge >= 0.3 is 0 Å². The van der Waals surface area contributed by atoms with Gasteiger partial charge in [-0.3, -0.25) is 9.59 Å². The van der Waals surface area contributed by atoms with Crippen LogP contribution in [0.2, 0.25) is 0 Å². The number of nitrogens with zero attached hydrogens (tertiary/aromatic N) is 1. The van der Waals surface area contributed by atoms with Gasteiger partial charge in [0.15, 0.2) is 0 Å². The molecule has 0 bridgehead atoms. The second kappa shape index (κ2) is 9.49. The molecule has 148 valence electrons. The number of carbonyl (C=O) groups excluding carboxylic acids is 2. The van der Waals surface area contributed by atoms with Crippen molar-refractivity contribution in [3.8, 4) is 0 Å². The molecule has 1 N–H and O–H groups in total. The predicted octanol–water partition coefficient (Wildman–Crippen LogP) is 4.80. The van der Waals surface area contributed by atoms with E-state index in [0.717, 1.165) is 31.2 Å². The Balaban J connectivity index is 1.64. The molecular formula is C23H27FN2O2. The first kappa shape index (κ1) is 20.1. The molecule has 1 saturated carbocycles. The maximum atomic E-state index is 13.3. The molecule has 0 radical (unpaired) electrons. The minimum atomic E-state index is -0.306. The molecule has 2 aromatic carbocycles. The van der Waals surface area contributed by atoms with Crippen LogP contribution in [0.25, 0.3) is 0 Å². The SMILES string of the molecule is CN(C(=O)c1ccccc1NC(=O)CCc1cccc(F)c1)C1CCCCC1. The Morgan fingerprint density at radius 3 is 2.57 bits per heavy atom. The first-order valence-electron chi connectivity index (χ1n) is 9.95. The maximum absolute atomic E-state index is 13.3. The molecule has 2 amide bonds. The number of hydrogen-bond acceptors (Lipinski definition) is 2. The van der Waals surface area contributed by atoms with E-state index in [0.29, 0.717) is 17.7 Å². The van der Waals surface area contributed by atoms with Crippen molar-refractivity contribution in [2.24, 2.45) is 0 Å². The number of nitrogens with one attached hydrogen (secondary N) is 1. The molecule has 2 aromatic rings. The average molecular weight is 382 g/mol. The molecule has 4 nitrogen and oxygen atoms in total. The number of amides is 2. The van der Waals surface area contributed by atoms with Crippen LogP contribution in [0, 0.1) is 5.82 Å². The van der Waals surface area contributed by atoms with Gasteiger partial charge in [0.2, 0.25) is 5.91 Å². The van der Waals surface area contributed by atoms with Crippen molar-refractivity contribution in [1.82, 2.24) is 4.90 Å². The summed E-state index contributed by atoms with van der Waals surface area (Å²) in [6.07, 6.45) is 6.28. The number of carbonyl (C=O) groups is 2. The number of rotatable bonds is 6. The highest BCUT2D eigenvalue weighted by atomic mass is 19.1. The Bertz CT molecular complexity index is 831. The lowest BCUT2D eigenvalue weighted by Gasteiger charge is -2.31. The highest BCUT2D eigenvalue weighted by molar-refractivity contribution is 6.03. The van der Waals surface area contributed by atoms with Crippen molar-refractivity contribution in [3.05, 3.63) is 65.5 Å². The molecule has 0 heterocycles. The summed E-state index contributed by atoms with van der Waals surface area (Å²) in [5.74, 6) is -0.558. The van der Waals surface area contributed by atoms with Crippen molar-refractivity contribution in [2.45, 2.75) is 51.0 Å². The van der Waals surface area contributed by atoms with Crippen LogP contribution in [-0.4, -0.2) is 29.8 Å². The fourth-order valence-electron chi connectivity index (χ4n) is 3.77. The molecule has 3 rings (SSSR count). The maximum Gasteiger partial charge on any atom is 0.255 e. The largest absolute Gasteiger partial charge is 0.339 e. The summed E-state index contributed by atoms with van der Waals surface area (Å²) < 4.78 is 13.3. The monoisotopic (exact) mass is 382 g/mol. The van der Waals surface area contributed by atoms with E-state index in [1.54, 1.807) is 30.3 Å². The topological polar surface area (TPSA) is 49.4 Å². The van der Waals surface area contributed by atoms with Gasteiger partial charge in [-0.25, -0.2) is 4.39 Å². The number of para-hydroxylation sites is 1. The van der Waals surface area contributed by atoms with Crippen molar-refractivity contribution in [1.29, 1.82) is 0 Å². The van der Waals surface area contributed by atoms with Crippen LogP contribution in [0.5, 0.6) is 0 Å². The van der Waals surface area contributed by atoms with E-state index in [1.807, 2.05) is 18.0 Å². The van der Waals surface area contributed by atoms with Crippen LogP contribution < -0.4 is 5.32 Å². The van der Waals surface area contributed by atoms with E-state index >= 15 is 0 Å². The summed E-state index contributed by atoms with van der Waals surface area (Å²) in [4.78, 5) is 27.2. The third kappa shape index (κ3) is 5.18. The molecular weight excluding hydrogens is 355 g/mol.